The van der Waals surface area contributed by atoms with Crippen LogP contribution in [0.3, 0.4) is 0 Å². The van der Waals surface area contributed by atoms with Gasteiger partial charge in [-0.2, -0.15) is 0 Å². The van der Waals surface area contributed by atoms with Crippen molar-refractivity contribution in [2.75, 3.05) is 11.1 Å². The molecule has 0 aliphatic heterocycles. The van der Waals surface area contributed by atoms with E-state index in [4.69, 9.17) is 0 Å². The van der Waals surface area contributed by atoms with Gasteiger partial charge in [0.25, 0.3) is 0 Å². The molecule has 0 saturated heterocycles. The van der Waals surface area contributed by atoms with E-state index in [1.165, 1.54) is 11.8 Å². The van der Waals surface area contributed by atoms with Gasteiger partial charge in [-0.25, -0.2) is 0 Å². The van der Waals surface area contributed by atoms with Crippen LogP contribution in [-0.4, -0.2) is 31.4 Å². The maximum atomic E-state index is 12.1. The third-order valence-corrected chi connectivity index (χ3v) is 4.97. The fourth-order valence-corrected chi connectivity index (χ4v) is 3.12. The van der Waals surface area contributed by atoms with Crippen LogP contribution in [-0.2, 0) is 11.8 Å². The minimum Gasteiger partial charge on any atom is -0.325 e. The highest BCUT2D eigenvalue weighted by atomic mass is 127. The number of aromatic nitrogens is 4. The molecule has 2 heterocycles. The molecule has 3 aromatic rings. The lowest BCUT2D eigenvalue weighted by molar-refractivity contribution is -0.113. The predicted molar refractivity (Wildman–Crippen MR) is 103 cm³/mol. The smallest absolute Gasteiger partial charge is 0.234 e. The number of amides is 1. The number of carbonyl (C=O) groups is 1. The number of nitrogens with one attached hydrogen (secondary N) is 1. The number of rotatable bonds is 5. The lowest BCUT2D eigenvalue weighted by Crippen LogP contribution is -2.14. The Hall–Kier alpha value is -1.94. The quantitative estimate of drug-likeness (QED) is 0.477. The third-order valence-electron chi connectivity index (χ3n) is 3.23. The molecule has 1 aromatic carbocycles. The highest BCUT2D eigenvalue weighted by Crippen LogP contribution is 2.22. The van der Waals surface area contributed by atoms with Crippen LogP contribution < -0.4 is 5.32 Å². The van der Waals surface area contributed by atoms with Crippen molar-refractivity contribution in [2.24, 2.45) is 7.05 Å². The first-order valence-corrected chi connectivity index (χ1v) is 9.18. The first-order valence-electron chi connectivity index (χ1n) is 7.11. The average Bonchev–Trinajstić information content (AvgIpc) is 2.97. The number of anilines is 1. The number of nitrogens with zero attached hydrogens (tertiary/aromatic N) is 4. The van der Waals surface area contributed by atoms with Crippen LogP contribution >= 0.6 is 34.4 Å². The number of carbonyl (C=O) groups excluding carboxylic acids is 1. The number of benzene rings is 1. The largest absolute Gasteiger partial charge is 0.325 e. The summed E-state index contributed by atoms with van der Waals surface area (Å²) in [6.07, 6.45) is 3.43. The van der Waals surface area contributed by atoms with Crippen LogP contribution in [0.2, 0.25) is 0 Å². The number of pyridine rings is 1. The molecular weight excluding hydrogens is 437 g/mol. The molecule has 24 heavy (non-hydrogen) atoms. The second kappa shape index (κ2) is 7.75. The summed E-state index contributed by atoms with van der Waals surface area (Å²) in [5, 5.41) is 11.9. The molecule has 8 heteroatoms. The summed E-state index contributed by atoms with van der Waals surface area (Å²) in [6.45, 7) is 0. The first kappa shape index (κ1) is 16.9. The molecule has 6 nitrogen and oxygen atoms in total. The van der Waals surface area contributed by atoms with Gasteiger partial charge in [0.1, 0.15) is 0 Å². The Morgan fingerprint density at radius 2 is 1.88 bits per heavy atom. The SMILES string of the molecule is Cn1c(SCC(=O)Nc2ccc(I)cc2)nnc1-c1ccncc1. The zero-order valence-electron chi connectivity index (χ0n) is 12.8. The maximum Gasteiger partial charge on any atom is 0.234 e. The number of thioether (sulfide) groups is 1. The Morgan fingerprint density at radius 3 is 2.58 bits per heavy atom. The van der Waals surface area contributed by atoms with Gasteiger partial charge < -0.3 is 9.88 Å². The average molecular weight is 451 g/mol. The van der Waals surface area contributed by atoms with Crippen molar-refractivity contribution in [2.45, 2.75) is 5.16 Å². The summed E-state index contributed by atoms with van der Waals surface area (Å²) in [5.74, 6) is 0.946. The molecule has 0 radical (unpaired) electrons. The predicted octanol–water partition coefficient (Wildman–Crippen LogP) is 3.21. The highest BCUT2D eigenvalue weighted by molar-refractivity contribution is 14.1. The van der Waals surface area contributed by atoms with Gasteiger partial charge in [-0.1, -0.05) is 11.8 Å². The second-order valence-electron chi connectivity index (χ2n) is 4.94. The zero-order valence-corrected chi connectivity index (χ0v) is 15.8. The zero-order chi connectivity index (χ0) is 16.9. The Labute approximate surface area is 157 Å². The summed E-state index contributed by atoms with van der Waals surface area (Å²) < 4.78 is 3.00. The van der Waals surface area contributed by atoms with Crippen LogP contribution in [0.25, 0.3) is 11.4 Å². The van der Waals surface area contributed by atoms with E-state index in [-0.39, 0.29) is 11.7 Å². The van der Waals surface area contributed by atoms with Crippen molar-refractivity contribution < 1.29 is 4.79 Å². The summed E-state index contributed by atoms with van der Waals surface area (Å²) >= 11 is 3.58. The molecule has 0 bridgehead atoms. The van der Waals surface area contributed by atoms with Gasteiger partial charge in [-0.05, 0) is 59.0 Å². The van der Waals surface area contributed by atoms with Crippen molar-refractivity contribution in [3.63, 3.8) is 0 Å². The fourth-order valence-electron chi connectivity index (χ4n) is 2.05. The standard InChI is InChI=1S/C16H14IN5OS/c1-22-15(11-6-8-18-9-7-11)20-21-16(22)24-10-14(23)19-13-4-2-12(17)3-5-13/h2-9H,10H2,1H3,(H,19,23). The number of halogens is 1. The van der Waals surface area contributed by atoms with Crippen molar-refractivity contribution in [3.05, 3.63) is 52.4 Å². The van der Waals surface area contributed by atoms with Crippen LogP contribution in [0.5, 0.6) is 0 Å². The minimum absolute atomic E-state index is 0.0744. The summed E-state index contributed by atoms with van der Waals surface area (Å²) in [5.41, 5.74) is 1.73. The van der Waals surface area contributed by atoms with Crippen molar-refractivity contribution >= 4 is 45.9 Å². The molecule has 122 valence electrons. The highest BCUT2D eigenvalue weighted by Gasteiger charge is 2.12. The molecule has 0 aliphatic rings. The molecular formula is C16H14IN5OS. The normalized spacial score (nSPS) is 10.6. The summed E-state index contributed by atoms with van der Waals surface area (Å²) in [7, 11) is 1.88. The topological polar surface area (TPSA) is 72.7 Å². The summed E-state index contributed by atoms with van der Waals surface area (Å²) in [6, 6.07) is 11.4. The Balaban J connectivity index is 1.62. The molecule has 0 atom stereocenters. The molecule has 0 unspecified atom stereocenters. The van der Waals surface area contributed by atoms with Crippen molar-refractivity contribution in [1.82, 2.24) is 19.7 Å². The van der Waals surface area contributed by atoms with Gasteiger partial charge in [0, 0.05) is 34.3 Å². The molecule has 1 N–H and O–H groups in total. The van der Waals surface area contributed by atoms with Crippen LogP contribution in [0, 0.1) is 3.57 Å². The van der Waals surface area contributed by atoms with E-state index in [1.54, 1.807) is 12.4 Å². The number of hydrogen-bond donors (Lipinski definition) is 1. The van der Waals surface area contributed by atoms with E-state index in [1.807, 2.05) is 48.0 Å². The van der Waals surface area contributed by atoms with E-state index >= 15 is 0 Å². The molecule has 0 aliphatic carbocycles. The molecule has 1 amide bonds. The number of hydrogen-bond acceptors (Lipinski definition) is 5. The van der Waals surface area contributed by atoms with E-state index in [0.717, 1.165) is 20.6 Å². The van der Waals surface area contributed by atoms with Gasteiger partial charge >= 0.3 is 0 Å². The van der Waals surface area contributed by atoms with Gasteiger partial charge in [-0.15, -0.1) is 10.2 Å². The molecule has 0 saturated carbocycles. The monoisotopic (exact) mass is 451 g/mol. The van der Waals surface area contributed by atoms with Gasteiger partial charge in [0.2, 0.25) is 5.91 Å². The van der Waals surface area contributed by atoms with Crippen molar-refractivity contribution in [1.29, 1.82) is 0 Å². The van der Waals surface area contributed by atoms with E-state index in [2.05, 4.69) is 43.1 Å². The third kappa shape index (κ3) is 4.12. The van der Waals surface area contributed by atoms with E-state index in [0.29, 0.717) is 5.16 Å². The summed E-state index contributed by atoms with van der Waals surface area (Å²) in [4.78, 5) is 16.1. The van der Waals surface area contributed by atoms with E-state index in [9.17, 15) is 4.79 Å². The molecule has 0 fully saturated rings. The second-order valence-corrected chi connectivity index (χ2v) is 7.13. The van der Waals surface area contributed by atoms with Crippen LogP contribution in [0.4, 0.5) is 5.69 Å². The molecule has 3 rings (SSSR count). The Bertz CT molecular complexity index is 835. The maximum absolute atomic E-state index is 12.1. The van der Waals surface area contributed by atoms with Crippen LogP contribution in [0.15, 0.2) is 53.9 Å². The lowest BCUT2D eigenvalue weighted by atomic mass is 10.2. The lowest BCUT2D eigenvalue weighted by Gasteiger charge is -2.06. The minimum atomic E-state index is -0.0744. The van der Waals surface area contributed by atoms with Crippen molar-refractivity contribution in [3.8, 4) is 11.4 Å². The first-order chi connectivity index (χ1) is 11.6. The van der Waals surface area contributed by atoms with Crippen LogP contribution in [0.1, 0.15) is 0 Å². The van der Waals surface area contributed by atoms with Gasteiger partial charge in [-0.3, -0.25) is 9.78 Å². The van der Waals surface area contributed by atoms with E-state index < -0.39 is 0 Å². The Kier molecular flexibility index (Phi) is 5.46. The van der Waals surface area contributed by atoms with Gasteiger partial charge in [0.05, 0.1) is 5.75 Å². The molecule has 2 aromatic heterocycles. The molecule has 0 spiro atoms. The Morgan fingerprint density at radius 1 is 1.17 bits per heavy atom. The van der Waals surface area contributed by atoms with Gasteiger partial charge in [0.15, 0.2) is 11.0 Å². The fraction of sp³-hybridized carbons (Fsp3) is 0.125.